The van der Waals surface area contributed by atoms with Crippen molar-refractivity contribution in [2.45, 2.75) is 0 Å². The molecule has 0 heterocycles. The summed E-state index contributed by atoms with van der Waals surface area (Å²) in [7, 11) is -2.95. The molecule has 0 bridgehead atoms. The molecule has 0 radical (unpaired) electrons. The van der Waals surface area contributed by atoms with Crippen LogP contribution in [0.25, 0.3) is 0 Å². The molecule has 22 heavy (non-hydrogen) atoms. The van der Waals surface area contributed by atoms with Crippen LogP contribution in [0.4, 0.5) is 5.69 Å². The molecule has 0 unspecified atom stereocenters. The third-order valence-corrected chi connectivity index (χ3v) is 6.25. The Balaban J connectivity index is 2.08. The third kappa shape index (κ3) is 3.09. The number of benzene rings is 3. The fourth-order valence-electron chi connectivity index (χ4n) is 2.26. The molecule has 2 nitrogen and oxygen atoms in total. The highest BCUT2D eigenvalue weighted by Gasteiger charge is 2.26. The molecule has 0 amide bonds. The minimum Gasteiger partial charge on any atom is -0.329 e. The zero-order chi connectivity index (χ0) is 15.4. The van der Waals surface area contributed by atoms with Crippen LogP contribution in [0.1, 0.15) is 0 Å². The van der Waals surface area contributed by atoms with Crippen molar-refractivity contribution >= 4 is 35.2 Å². The van der Waals surface area contributed by atoms with Crippen molar-refractivity contribution in [1.29, 1.82) is 0 Å². The van der Waals surface area contributed by atoms with E-state index in [4.69, 9.17) is 11.6 Å². The standard InChI is InChI=1S/C18H15ClNOP/c19-15-11-13-16(14-12-15)20-22(21,17-7-3-1-4-8-17)18-9-5-2-6-10-18/h1-14H,(H,20,21). The molecule has 0 aromatic heterocycles. The maximum absolute atomic E-state index is 13.7. The average Bonchev–Trinajstić information content (AvgIpc) is 2.58. The van der Waals surface area contributed by atoms with Crippen LogP contribution < -0.4 is 15.7 Å². The van der Waals surface area contributed by atoms with Gasteiger partial charge in [-0.1, -0.05) is 48.0 Å². The van der Waals surface area contributed by atoms with Gasteiger partial charge in [0.25, 0.3) is 0 Å². The quantitative estimate of drug-likeness (QED) is 0.705. The van der Waals surface area contributed by atoms with Crippen LogP contribution in [0, 0.1) is 0 Å². The molecule has 3 aromatic carbocycles. The summed E-state index contributed by atoms with van der Waals surface area (Å²) in [5.74, 6) is 0. The van der Waals surface area contributed by atoms with E-state index < -0.39 is 7.29 Å². The van der Waals surface area contributed by atoms with Crippen LogP contribution in [0.15, 0.2) is 84.9 Å². The van der Waals surface area contributed by atoms with E-state index in [-0.39, 0.29) is 0 Å². The second-order valence-electron chi connectivity index (χ2n) is 4.90. The van der Waals surface area contributed by atoms with E-state index in [1.807, 2.05) is 72.8 Å². The molecule has 110 valence electrons. The Bertz CT molecular complexity index is 745. The Morgan fingerprint density at radius 3 is 1.59 bits per heavy atom. The van der Waals surface area contributed by atoms with Gasteiger partial charge >= 0.3 is 0 Å². The van der Waals surface area contributed by atoms with Crippen LogP contribution in [0.2, 0.25) is 5.02 Å². The first-order chi connectivity index (χ1) is 10.7. The van der Waals surface area contributed by atoms with Crippen molar-refractivity contribution in [1.82, 2.24) is 0 Å². The predicted molar refractivity (Wildman–Crippen MR) is 94.8 cm³/mol. The number of anilines is 1. The summed E-state index contributed by atoms with van der Waals surface area (Å²) in [5, 5.41) is 5.41. The lowest BCUT2D eigenvalue weighted by molar-refractivity contribution is 0.590. The molecule has 0 saturated heterocycles. The second kappa shape index (κ2) is 6.39. The van der Waals surface area contributed by atoms with E-state index in [0.717, 1.165) is 16.3 Å². The summed E-state index contributed by atoms with van der Waals surface area (Å²) in [4.78, 5) is 0. The van der Waals surface area contributed by atoms with Gasteiger partial charge in [-0.2, -0.15) is 0 Å². The van der Waals surface area contributed by atoms with E-state index in [0.29, 0.717) is 5.02 Å². The van der Waals surface area contributed by atoms with E-state index in [9.17, 15) is 4.57 Å². The number of nitrogens with one attached hydrogen (secondary N) is 1. The van der Waals surface area contributed by atoms with Crippen molar-refractivity contribution in [3.63, 3.8) is 0 Å². The van der Waals surface area contributed by atoms with Crippen LogP contribution >= 0.6 is 18.9 Å². The predicted octanol–water partition coefficient (Wildman–Crippen LogP) is 4.68. The van der Waals surface area contributed by atoms with Gasteiger partial charge in [-0.25, -0.2) is 0 Å². The number of hydrogen-bond acceptors (Lipinski definition) is 1. The fourth-order valence-corrected chi connectivity index (χ4v) is 4.64. The summed E-state index contributed by atoms with van der Waals surface area (Å²) in [5.41, 5.74) is 0.778. The van der Waals surface area contributed by atoms with Crippen molar-refractivity contribution in [2.75, 3.05) is 5.09 Å². The Hall–Kier alpha value is -2.02. The Kier molecular flexibility index (Phi) is 4.33. The first-order valence-electron chi connectivity index (χ1n) is 6.94. The number of hydrogen-bond donors (Lipinski definition) is 1. The smallest absolute Gasteiger partial charge is 0.227 e. The largest absolute Gasteiger partial charge is 0.329 e. The lowest BCUT2D eigenvalue weighted by Crippen LogP contribution is -2.21. The number of rotatable bonds is 4. The lowest BCUT2D eigenvalue weighted by Gasteiger charge is -2.21. The van der Waals surface area contributed by atoms with Crippen LogP contribution in [0.3, 0.4) is 0 Å². The maximum Gasteiger partial charge on any atom is 0.227 e. The van der Waals surface area contributed by atoms with Crippen molar-refractivity contribution in [2.24, 2.45) is 0 Å². The van der Waals surface area contributed by atoms with Gasteiger partial charge in [0.1, 0.15) is 0 Å². The van der Waals surface area contributed by atoms with Gasteiger partial charge < -0.3 is 5.09 Å². The lowest BCUT2D eigenvalue weighted by atomic mass is 10.3. The van der Waals surface area contributed by atoms with E-state index >= 15 is 0 Å². The Morgan fingerprint density at radius 1 is 0.682 bits per heavy atom. The third-order valence-electron chi connectivity index (χ3n) is 3.37. The first kappa shape index (κ1) is 14.9. The topological polar surface area (TPSA) is 29.1 Å². The molecule has 0 atom stereocenters. The summed E-state index contributed by atoms with van der Waals surface area (Å²) >= 11 is 5.92. The number of halogens is 1. The summed E-state index contributed by atoms with van der Waals surface area (Å²) in [6.07, 6.45) is 0. The highest BCUT2D eigenvalue weighted by atomic mass is 35.5. The fraction of sp³-hybridized carbons (Fsp3) is 0. The van der Waals surface area contributed by atoms with Gasteiger partial charge in [0.2, 0.25) is 7.29 Å². The minimum absolute atomic E-state index is 0.653. The maximum atomic E-state index is 13.7. The Labute approximate surface area is 135 Å². The first-order valence-corrected chi connectivity index (χ1v) is 9.02. The molecule has 0 aliphatic heterocycles. The molecular weight excluding hydrogens is 313 g/mol. The molecule has 0 spiro atoms. The molecule has 0 aliphatic rings. The zero-order valence-electron chi connectivity index (χ0n) is 11.8. The zero-order valence-corrected chi connectivity index (χ0v) is 13.5. The normalized spacial score (nSPS) is 11.1. The molecular formula is C18H15ClNOP. The molecule has 0 fully saturated rings. The van der Waals surface area contributed by atoms with Crippen LogP contribution in [0.5, 0.6) is 0 Å². The van der Waals surface area contributed by atoms with E-state index in [1.54, 1.807) is 12.1 Å². The van der Waals surface area contributed by atoms with Gasteiger partial charge in [0, 0.05) is 21.3 Å². The van der Waals surface area contributed by atoms with Crippen molar-refractivity contribution in [3.8, 4) is 0 Å². The monoisotopic (exact) mass is 327 g/mol. The molecule has 3 aromatic rings. The summed E-state index contributed by atoms with van der Waals surface area (Å²) in [6.45, 7) is 0. The molecule has 0 saturated carbocycles. The highest BCUT2D eigenvalue weighted by Crippen LogP contribution is 2.43. The van der Waals surface area contributed by atoms with Gasteiger partial charge in [0.15, 0.2) is 0 Å². The van der Waals surface area contributed by atoms with Crippen LogP contribution in [-0.4, -0.2) is 0 Å². The van der Waals surface area contributed by atoms with Gasteiger partial charge in [-0.3, -0.25) is 4.57 Å². The van der Waals surface area contributed by atoms with E-state index in [1.165, 1.54) is 0 Å². The Morgan fingerprint density at radius 2 is 1.14 bits per heavy atom. The van der Waals surface area contributed by atoms with Crippen molar-refractivity contribution in [3.05, 3.63) is 90.0 Å². The molecule has 4 heteroatoms. The molecule has 3 rings (SSSR count). The molecule has 1 N–H and O–H groups in total. The molecule has 0 aliphatic carbocycles. The van der Waals surface area contributed by atoms with Crippen molar-refractivity contribution < 1.29 is 4.57 Å². The van der Waals surface area contributed by atoms with Gasteiger partial charge in [-0.05, 0) is 48.5 Å². The second-order valence-corrected chi connectivity index (χ2v) is 7.81. The minimum atomic E-state index is -2.95. The van der Waals surface area contributed by atoms with Gasteiger partial charge in [-0.15, -0.1) is 0 Å². The SMILES string of the molecule is O=P(Nc1ccc(Cl)cc1)(c1ccccc1)c1ccccc1. The summed E-state index contributed by atoms with van der Waals surface area (Å²) < 4.78 is 13.7. The summed E-state index contributed by atoms with van der Waals surface area (Å²) in [6, 6.07) is 26.2. The van der Waals surface area contributed by atoms with Gasteiger partial charge in [0.05, 0.1) is 0 Å². The average molecular weight is 328 g/mol. The van der Waals surface area contributed by atoms with E-state index in [2.05, 4.69) is 5.09 Å². The highest BCUT2D eigenvalue weighted by molar-refractivity contribution is 7.80. The van der Waals surface area contributed by atoms with Crippen LogP contribution in [-0.2, 0) is 4.57 Å².